The summed E-state index contributed by atoms with van der Waals surface area (Å²) in [5, 5.41) is 9.78. The van der Waals surface area contributed by atoms with Crippen molar-refractivity contribution in [2.75, 3.05) is 0 Å². The summed E-state index contributed by atoms with van der Waals surface area (Å²) in [6.07, 6.45) is 7.44. The highest BCUT2D eigenvalue weighted by Gasteiger charge is 2.12. The molecule has 0 bridgehead atoms. The second-order valence-electron chi connectivity index (χ2n) is 4.44. The van der Waals surface area contributed by atoms with Crippen LogP contribution >= 0.6 is 11.3 Å². The summed E-state index contributed by atoms with van der Waals surface area (Å²) in [6.45, 7) is 2.12. The van der Waals surface area contributed by atoms with Gasteiger partial charge < -0.3 is 4.57 Å². The Labute approximate surface area is 121 Å². The molecule has 4 nitrogen and oxygen atoms in total. The summed E-state index contributed by atoms with van der Waals surface area (Å²) in [5.41, 5.74) is 1.70. The minimum absolute atomic E-state index is 0.224. The fraction of sp³-hybridized carbons (Fsp3) is 0.133. The van der Waals surface area contributed by atoms with Crippen molar-refractivity contribution in [1.82, 2.24) is 14.5 Å². The molecule has 0 radical (unpaired) electrons. The zero-order valence-corrected chi connectivity index (χ0v) is 11.7. The molecule has 1 unspecified atom stereocenters. The van der Waals surface area contributed by atoms with Gasteiger partial charge in [-0.3, -0.25) is 0 Å². The van der Waals surface area contributed by atoms with Gasteiger partial charge in [0.25, 0.3) is 0 Å². The zero-order chi connectivity index (χ0) is 13.9. The number of rotatable bonds is 3. The highest BCUT2D eigenvalue weighted by Crippen LogP contribution is 2.30. The molecule has 1 atom stereocenters. The van der Waals surface area contributed by atoms with Crippen LogP contribution in [-0.2, 0) is 0 Å². The molecule has 0 saturated heterocycles. The van der Waals surface area contributed by atoms with Crippen LogP contribution in [0.3, 0.4) is 0 Å². The number of nitriles is 1. The molecule has 3 aromatic rings. The molecule has 0 aliphatic rings. The third kappa shape index (κ3) is 2.33. The predicted molar refractivity (Wildman–Crippen MR) is 78.3 cm³/mol. The lowest BCUT2D eigenvalue weighted by Gasteiger charge is -2.09. The van der Waals surface area contributed by atoms with Gasteiger partial charge in [0, 0.05) is 29.0 Å². The number of aromatic nitrogens is 3. The van der Waals surface area contributed by atoms with E-state index < -0.39 is 0 Å². The van der Waals surface area contributed by atoms with Gasteiger partial charge in [0.05, 0.1) is 24.0 Å². The predicted octanol–water partition coefficient (Wildman–Crippen LogP) is 3.49. The quantitative estimate of drug-likeness (QED) is 0.738. The van der Waals surface area contributed by atoms with E-state index in [1.807, 2.05) is 43.0 Å². The minimum Gasteiger partial charge on any atom is -0.329 e. The molecule has 0 spiro atoms. The van der Waals surface area contributed by atoms with Crippen molar-refractivity contribution in [3.05, 3.63) is 59.6 Å². The van der Waals surface area contributed by atoms with Gasteiger partial charge in [0.2, 0.25) is 0 Å². The number of imidazole rings is 1. The van der Waals surface area contributed by atoms with E-state index >= 15 is 0 Å². The van der Waals surface area contributed by atoms with Crippen LogP contribution in [0.15, 0.2) is 49.2 Å². The maximum Gasteiger partial charge on any atom is 0.123 e. The maximum atomic E-state index is 8.81. The number of thiazole rings is 1. The van der Waals surface area contributed by atoms with Crippen LogP contribution in [0.5, 0.6) is 0 Å². The van der Waals surface area contributed by atoms with Crippen LogP contribution in [-0.4, -0.2) is 14.5 Å². The highest BCUT2D eigenvalue weighted by atomic mass is 32.1. The lowest BCUT2D eigenvalue weighted by Crippen LogP contribution is -2.01. The molecule has 0 amide bonds. The molecule has 20 heavy (non-hydrogen) atoms. The topological polar surface area (TPSA) is 54.5 Å². The standard InChI is InChI=1S/C15H12N4S/c1-11(19-7-6-17-10-19)14-9-18-15(20-14)13-4-2-12(8-16)3-5-13/h2-7,9-11H,1H3. The van der Waals surface area contributed by atoms with Crippen LogP contribution in [0.4, 0.5) is 0 Å². The van der Waals surface area contributed by atoms with E-state index in [-0.39, 0.29) is 6.04 Å². The fourth-order valence-corrected chi connectivity index (χ4v) is 2.93. The Morgan fingerprint density at radius 1 is 1.30 bits per heavy atom. The minimum atomic E-state index is 0.224. The van der Waals surface area contributed by atoms with Gasteiger partial charge in [-0.25, -0.2) is 9.97 Å². The molecule has 2 aromatic heterocycles. The van der Waals surface area contributed by atoms with Crippen molar-refractivity contribution >= 4 is 11.3 Å². The molecule has 0 aliphatic heterocycles. The lowest BCUT2D eigenvalue weighted by atomic mass is 10.1. The molecule has 2 heterocycles. The Morgan fingerprint density at radius 2 is 2.10 bits per heavy atom. The normalized spacial score (nSPS) is 12.0. The number of hydrogen-bond donors (Lipinski definition) is 0. The first-order valence-electron chi connectivity index (χ1n) is 6.21. The summed E-state index contributed by atoms with van der Waals surface area (Å²) < 4.78 is 2.05. The first-order chi connectivity index (χ1) is 9.78. The summed E-state index contributed by atoms with van der Waals surface area (Å²) in [6, 6.07) is 9.84. The van der Waals surface area contributed by atoms with E-state index in [0.717, 1.165) is 10.6 Å². The Kier molecular flexibility index (Phi) is 3.32. The molecule has 5 heteroatoms. The monoisotopic (exact) mass is 280 g/mol. The van der Waals surface area contributed by atoms with Gasteiger partial charge in [0.1, 0.15) is 5.01 Å². The summed E-state index contributed by atoms with van der Waals surface area (Å²) in [4.78, 5) is 9.73. The second-order valence-corrected chi connectivity index (χ2v) is 5.51. The van der Waals surface area contributed by atoms with Gasteiger partial charge in [-0.1, -0.05) is 12.1 Å². The van der Waals surface area contributed by atoms with Gasteiger partial charge in [-0.15, -0.1) is 11.3 Å². The van der Waals surface area contributed by atoms with Crippen molar-refractivity contribution in [1.29, 1.82) is 5.26 Å². The molecule has 0 N–H and O–H groups in total. The van der Waals surface area contributed by atoms with Crippen molar-refractivity contribution in [2.24, 2.45) is 0 Å². The van der Waals surface area contributed by atoms with Crippen LogP contribution in [0.2, 0.25) is 0 Å². The van der Waals surface area contributed by atoms with Crippen LogP contribution in [0, 0.1) is 11.3 Å². The van der Waals surface area contributed by atoms with Gasteiger partial charge in [0.15, 0.2) is 0 Å². The van der Waals surface area contributed by atoms with Gasteiger partial charge >= 0.3 is 0 Å². The number of nitrogens with zero attached hydrogens (tertiary/aromatic N) is 4. The molecule has 1 aromatic carbocycles. The first-order valence-corrected chi connectivity index (χ1v) is 7.03. The number of hydrogen-bond acceptors (Lipinski definition) is 4. The largest absolute Gasteiger partial charge is 0.329 e. The molecular formula is C15H12N4S. The SMILES string of the molecule is CC(c1cnc(-c2ccc(C#N)cc2)s1)n1ccnc1. The van der Waals surface area contributed by atoms with Crippen LogP contribution in [0.1, 0.15) is 23.4 Å². The Hall–Kier alpha value is -2.45. The average Bonchev–Trinajstić information content (AvgIpc) is 3.18. The molecular weight excluding hydrogens is 268 g/mol. The summed E-state index contributed by atoms with van der Waals surface area (Å²) >= 11 is 1.66. The van der Waals surface area contributed by atoms with E-state index in [1.54, 1.807) is 17.5 Å². The van der Waals surface area contributed by atoms with Crippen molar-refractivity contribution in [3.8, 4) is 16.6 Å². The molecule has 0 fully saturated rings. The number of benzene rings is 1. The fourth-order valence-electron chi connectivity index (χ4n) is 1.95. The van der Waals surface area contributed by atoms with E-state index in [2.05, 4.69) is 27.5 Å². The maximum absolute atomic E-state index is 8.81. The smallest absolute Gasteiger partial charge is 0.123 e. The third-order valence-corrected chi connectivity index (χ3v) is 4.39. The van der Waals surface area contributed by atoms with Crippen LogP contribution in [0.25, 0.3) is 10.6 Å². The Morgan fingerprint density at radius 3 is 2.75 bits per heavy atom. The van der Waals surface area contributed by atoms with Gasteiger partial charge in [-0.05, 0) is 19.1 Å². The van der Waals surface area contributed by atoms with E-state index in [9.17, 15) is 0 Å². The van der Waals surface area contributed by atoms with E-state index in [1.165, 1.54) is 4.88 Å². The zero-order valence-electron chi connectivity index (χ0n) is 10.9. The molecule has 98 valence electrons. The summed E-state index contributed by atoms with van der Waals surface area (Å²) in [5.74, 6) is 0. The Bertz CT molecular complexity index is 735. The first kappa shape index (κ1) is 12.6. The Balaban J connectivity index is 1.88. The van der Waals surface area contributed by atoms with E-state index in [0.29, 0.717) is 5.56 Å². The highest BCUT2D eigenvalue weighted by molar-refractivity contribution is 7.15. The van der Waals surface area contributed by atoms with Crippen molar-refractivity contribution < 1.29 is 0 Å². The second kappa shape index (κ2) is 5.27. The van der Waals surface area contributed by atoms with Crippen molar-refractivity contribution in [2.45, 2.75) is 13.0 Å². The summed E-state index contributed by atoms with van der Waals surface area (Å²) in [7, 11) is 0. The van der Waals surface area contributed by atoms with Crippen LogP contribution < -0.4 is 0 Å². The van der Waals surface area contributed by atoms with E-state index in [4.69, 9.17) is 5.26 Å². The van der Waals surface area contributed by atoms with Crippen molar-refractivity contribution in [3.63, 3.8) is 0 Å². The molecule has 0 aliphatic carbocycles. The lowest BCUT2D eigenvalue weighted by molar-refractivity contribution is 0.648. The average molecular weight is 280 g/mol. The third-order valence-electron chi connectivity index (χ3n) is 3.17. The van der Waals surface area contributed by atoms with Gasteiger partial charge in [-0.2, -0.15) is 5.26 Å². The molecule has 3 rings (SSSR count). The molecule has 0 saturated carbocycles.